The summed E-state index contributed by atoms with van der Waals surface area (Å²) in [5.41, 5.74) is -1.53. The smallest absolute Gasteiger partial charge is 0.343 e. The highest BCUT2D eigenvalue weighted by atomic mass is 35.5. The summed E-state index contributed by atoms with van der Waals surface area (Å²) in [6, 6.07) is -8.31. The van der Waals surface area contributed by atoms with E-state index >= 15 is 9.59 Å². The molecule has 22 nitrogen and oxygen atoms in total. The maximum atomic E-state index is 15.1. The van der Waals surface area contributed by atoms with Crippen LogP contribution < -0.4 is 16.0 Å². The highest BCUT2D eigenvalue weighted by Crippen LogP contribution is 2.45. The van der Waals surface area contributed by atoms with Crippen LogP contribution in [0.3, 0.4) is 0 Å². The summed E-state index contributed by atoms with van der Waals surface area (Å²) in [7, 11) is 9.53. The summed E-state index contributed by atoms with van der Waals surface area (Å²) in [6.45, 7) is 10.4. The molecule has 95 heavy (non-hydrogen) atoms. The number of carbonyl (C=O) groups is 11. The summed E-state index contributed by atoms with van der Waals surface area (Å²) < 4.78 is 84.5. The monoisotopic (exact) mass is 1380 g/mol. The third-order valence-corrected chi connectivity index (χ3v) is 21.3. The molecule has 11 amide bonds. The van der Waals surface area contributed by atoms with Crippen LogP contribution in [0.15, 0.2) is 0 Å². The average molecular weight is 1380 g/mol. The van der Waals surface area contributed by atoms with Crippen molar-refractivity contribution in [2.75, 3.05) is 75.5 Å². The third-order valence-electron chi connectivity index (χ3n) is 20.9. The van der Waals surface area contributed by atoms with Crippen molar-refractivity contribution in [1.29, 1.82) is 0 Å². The highest BCUT2D eigenvalue weighted by molar-refractivity contribution is 6.20. The Morgan fingerprint density at radius 2 is 1.20 bits per heavy atom. The Hall–Kier alpha value is -5.96. The largest absolute Gasteiger partial charge is 0.393 e. The molecule has 2 heterocycles. The topological polar surface area (TPSA) is 250 Å². The molecule has 0 aromatic carbocycles. The second kappa shape index (κ2) is 34.0. The van der Waals surface area contributed by atoms with Gasteiger partial charge in [-0.15, -0.1) is 11.6 Å². The predicted molar refractivity (Wildman–Crippen MR) is 343 cm³/mol. The van der Waals surface area contributed by atoms with E-state index in [-0.39, 0.29) is 109 Å². The fraction of sp³-hybridized carbons (Fsp3) is 0.833. The standard InChI is InChI=1S/C66H106ClF6N11O11/c1-15-40(6)55-61(93)79(10)36-53(87)77(8)37-54(88)82(13)50(34-43-20-18-21-44(32-43)65(68,69)70)60(92)78(9)35-51(85)74-47(26-24-42-23-25-45(46(67)33-42)66(71,72)73)59(91)84-29-19-22-48(84)58(90)76-64(27-16-17-28-64)63(95)83(14)56(39(4)5)62(94)80(11)41(7)31-52(86)81(12)49(30-38(2)3)57(89)75-55/h38-50,55-56H,15-37H2,1-14H3,(H,74,85)(H,75,89)(H,76,90)/t40-,41+,42?,43?,44?,45?,46?,47-,48-,49-,50-,55-,56-/m0/s1. The van der Waals surface area contributed by atoms with Gasteiger partial charge in [-0.25, -0.2) is 0 Å². The zero-order chi connectivity index (χ0) is 71.5. The number of nitrogens with one attached hydrogen (secondary N) is 3. The molecule has 5 aliphatic rings. The van der Waals surface area contributed by atoms with Crippen LogP contribution in [0.25, 0.3) is 0 Å². The fourth-order valence-corrected chi connectivity index (χ4v) is 15.1. The first-order chi connectivity index (χ1) is 44.1. The lowest BCUT2D eigenvalue weighted by molar-refractivity contribution is -0.186. The zero-order valence-corrected chi connectivity index (χ0v) is 58.9. The number of alkyl halides is 7. The van der Waals surface area contributed by atoms with Crippen molar-refractivity contribution in [3.05, 3.63) is 0 Å². The fourth-order valence-electron chi connectivity index (χ4n) is 14.5. The molecule has 0 bridgehead atoms. The van der Waals surface area contributed by atoms with Crippen LogP contribution in [0.1, 0.15) is 170 Å². The Morgan fingerprint density at radius 3 is 1.78 bits per heavy atom. The van der Waals surface area contributed by atoms with Crippen molar-refractivity contribution in [2.45, 2.75) is 236 Å². The predicted octanol–water partition coefficient (Wildman–Crippen LogP) is 6.36. The molecule has 5 unspecified atom stereocenters. The van der Waals surface area contributed by atoms with E-state index in [9.17, 15) is 69.5 Å². The summed E-state index contributed by atoms with van der Waals surface area (Å²) in [6.07, 6.45) is -7.50. The van der Waals surface area contributed by atoms with Gasteiger partial charge in [-0.1, -0.05) is 73.6 Å². The Labute approximate surface area is 561 Å². The number of amides is 11. The number of carbonyl (C=O) groups excluding carboxylic acids is 11. The van der Waals surface area contributed by atoms with Crippen LogP contribution in [0, 0.1) is 41.4 Å². The van der Waals surface area contributed by atoms with Gasteiger partial charge in [0.25, 0.3) is 0 Å². The van der Waals surface area contributed by atoms with E-state index in [0.29, 0.717) is 25.7 Å². The van der Waals surface area contributed by atoms with Gasteiger partial charge in [0.2, 0.25) is 65.0 Å². The van der Waals surface area contributed by atoms with Gasteiger partial charge in [0.15, 0.2) is 0 Å². The SMILES string of the molecule is CC[C@H](C)[C@@H]1NC(=O)[C@H](CC(C)C)N(C)C(=O)C[C@@H](C)N(C)C(=O)[C@H](C(C)C)N(C)C(=O)C2(CCCC2)NC(=O)[C@@H]2CCCN2C(=O)[C@H](CCC2CCC(C(F)(F)F)C(Cl)C2)NC(=O)CN(C)C(=O)[C@H](CC2CCCC(C(F)(F)F)C2)N(C)C(=O)CN(C)C(=O)CN(C)C1=O. The number of nitrogens with zero attached hydrogens (tertiary/aromatic N) is 8. The molecule has 0 aromatic rings. The minimum absolute atomic E-state index is 0.0218. The first kappa shape index (κ1) is 79.7. The maximum absolute atomic E-state index is 15.1. The minimum Gasteiger partial charge on any atom is -0.343 e. The van der Waals surface area contributed by atoms with Crippen LogP contribution in [0.2, 0.25) is 0 Å². The summed E-state index contributed by atoms with van der Waals surface area (Å²) >= 11 is 6.34. The molecule has 5 fully saturated rings. The molecule has 29 heteroatoms. The Bertz CT molecular complexity index is 2740. The van der Waals surface area contributed by atoms with Crippen molar-refractivity contribution in [2.24, 2.45) is 41.4 Å². The lowest BCUT2D eigenvalue weighted by Gasteiger charge is -2.41. The number of fused-ring (bicyclic) bond motifs is 1. The third kappa shape index (κ3) is 20.6. The molecule has 0 aromatic heterocycles. The quantitative estimate of drug-likeness (QED) is 0.160. The van der Waals surface area contributed by atoms with Gasteiger partial charge in [0.1, 0.15) is 41.8 Å². The van der Waals surface area contributed by atoms with Crippen molar-refractivity contribution in [3.8, 4) is 0 Å². The van der Waals surface area contributed by atoms with Crippen molar-refractivity contribution >= 4 is 76.6 Å². The molecule has 3 aliphatic carbocycles. The Kier molecular flexibility index (Phi) is 28.5. The van der Waals surface area contributed by atoms with E-state index in [1.54, 1.807) is 34.6 Å². The molecule has 3 saturated carbocycles. The number of halogens is 7. The second-order valence-electron chi connectivity index (χ2n) is 28.8. The average Bonchev–Trinajstić information content (AvgIpc) is 2.00. The molecule has 2 saturated heterocycles. The number of likely N-dealkylation sites (N-methyl/N-ethyl adjacent to an activating group) is 7. The van der Waals surface area contributed by atoms with Crippen molar-refractivity contribution in [1.82, 2.24) is 55.1 Å². The Morgan fingerprint density at radius 1 is 0.589 bits per heavy atom. The zero-order valence-electron chi connectivity index (χ0n) is 58.1. The lowest BCUT2D eigenvalue weighted by Crippen LogP contribution is -2.64. The van der Waals surface area contributed by atoms with Gasteiger partial charge < -0.3 is 55.1 Å². The van der Waals surface area contributed by atoms with E-state index < -0.39 is 186 Å². The van der Waals surface area contributed by atoms with E-state index in [1.165, 1.54) is 68.9 Å². The molecule has 1 spiro atoms. The first-order valence-corrected chi connectivity index (χ1v) is 34.4. The van der Waals surface area contributed by atoms with Gasteiger partial charge in [0, 0.05) is 73.7 Å². The van der Waals surface area contributed by atoms with Crippen LogP contribution in [0.4, 0.5) is 26.3 Å². The molecule has 3 N–H and O–H groups in total. The molecule has 0 radical (unpaired) electrons. The van der Waals surface area contributed by atoms with Gasteiger partial charge in [0.05, 0.1) is 31.5 Å². The molecule has 5 rings (SSSR count). The van der Waals surface area contributed by atoms with Gasteiger partial charge in [-0.05, 0) is 120 Å². The minimum atomic E-state index is -4.54. The first-order valence-electron chi connectivity index (χ1n) is 33.9. The molecular formula is C66H106ClF6N11O11. The van der Waals surface area contributed by atoms with E-state index in [2.05, 4.69) is 16.0 Å². The van der Waals surface area contributed by atoms with E-state index in [0.717, 1.165) is 19.6 Å². The van der Waals surface area contributed by atoms with Crippen LogP contribution in [0.5, 0.6) is 0 Å². The summed E-state index contributed by atoms with van der Waals surface area (Å²) in [5.74, 6) is -13.4. The van der Waals surface area contributed by atoms with Crippen molar-refractivity contribution < 1.29 is 79.1 Å². The molecule has 13 atom stereocenters. The molecule has 2 aliphatic heterocycles. The van der Waals surface area contributed by atoms with Crippen LogP contribution >= 0.6 is 11.6 Å². The normalized spacial score (nSPS) is 30.6. The van der Waals surface area contributed by atoms with Gasteiger partial charge >= 0.3 is 12.4 Å². The number of hydrogen-bond donors (Lipinski definition) is 3. The summed E-state index contributed by atoms with van der Waals surface area (Å²) in [5, 5.41) is 7.30. The highest BCUT2D eigenvalue weighted by Gasteiger charge is 2.51. The van der Waals surface area contributed by atoms with E-state index in [4.69, 9.17) is 11.6 Å². The maximum Gasteiger partial charge on any atom is 0.393 e. The van der Waals surface area contributed by atoms with Crippen LogP contribution in [-0.4, -0.2) is 245 Å². The number of hydrogen-bond acceptors (Lipinski definition) is 11. The molecule has 540 valence electrons. The van der Waals surface area contributed by atoms with Gasteiger partial charge in [-0.3, -0.25) is 52.7 Å². The molecular weight excluding hydrogens is 1270 g/mol. The summed E-state index contributed by atoms with van der Waals surface area (Å²) in [4.78, 5) is 170. The second-order valence-corrected chi connectivity index (χ2v) is 29.4. The van der Waals surface area contributed by atoms with E-state index in [1.807, 2.05) is 13.8 Å². The van der Waals surface area contributed by atoms with Crippen LogP contribution in [-0.2, 0) is 52.7 Å². The number of rotatable bonds is 10. The van der Waals surface area contributed by atoms with Crippen molar-refractivity contribution in [3.63, 3.8) is 0 Å². The Balaban J connectivity index is 1.56. The lowest BCUT2D eigenvalue weighted by atomic mass is 9.78. The van der Waals surface area contributed by atoms with Gasteiger partial charge in [-0.2, -0.15) is 26.3 Å².